The van der Waals surface area contributed by atoms with Gasteiger partial charge in [0.25, 0.3) is 0 Å². The van der Waals surface area contributed by atoms with Gasteiger partial charge in [0.05, 0.1) is 15.7 Å². The van der Waals surface area contributed by atoms with Gasteiger partial charge in [-0.3, -0.25) is 4.79 Å². The van der Waals surface area contributed by atoms with Crippen LogP contribution >= 0.6 is 23.2 Å². The average Bonchev–Trinajstić information content (AvgIpc) is 2.53. The van der Waals surface area contributed by atoms with Crippen LogP contribution in [-0.4, -0.2) is 20.1 Å². The zero-order valence-corrected chi connectivity index (χ0v) is 14.5. The Kier molecular flexibility index (Phi) is 6.04. The monoisotopic (exact) mass is 371 g/mol. The van der Waals surface area contributed by atoms with Crippen molar-refractivity contribution in [1.82, 2.24) is 5.32 Å². The first kappa shape index (κ1) is 17.8. The third kappa shape index (κ3) is 5.23. The van der Waals surface area contributed by atoms with Crippen LogP contribution in [0.4, 0.5) is 0 Å². The topological polar surface area (TPSA) is 63.2 Å². The highest BCUT2D eigenvalue weighted by Gasteiger charge is 2.19. The Morgan fingerprint density at radius 1 is 1.00 bits per heavy atom. The molecule has 0 heterocycles. The van der Waals surface area contributed by atoms with Gasteiger partial charge in [0, 0.05) is 18.0 Å². The predicted octanol–water partition coefficient (Wildman–Crippen LogP) is 3.47. The van der Waals surface area contributed by atoms with Crippen LogP contribution in [-0.2, 0) is 21.2 Å². The Labute approximate surface area is 145 Å². The Morgan fingerprint density at radius 2 is 1.65 bits per heavy atom. The summed E-state index contributed by atoms with van der Waals surface area (Å²) < 4.78 is 24.4. The second kappa shape index (κ2) is 7.81. The highest BCUT2D eigenvalue weighted by atomic mass is 35.5. The fourth-order valence-corrected chi connectivity index (χ4v) is 3.86. The van der Waals surface area contributed by atoms with Gasteiger partial charge in [-0.15, -0.1) is 0 Å². The summed E-state index contributed by atoms with van der Waals surface area (Å²) in [6.45, 7) is 0.322. The van der Waals surface area contributed by atoms with Crippen molar-refractivity contribution >= 4 is 38.9 Å². The van der Waals surface area contributed by atoms with Crippen LogP contribution in [0.2, 0.25) is 10.0 Å². The summed E-state index contributed by atoms with van der Waals surface area (Å²) in [5.41, 5.74) is 0.886. The van der Waals surface area contributed by atoms with Crippen molar-refractivity contribution in [3.63, 3.8) is 0 Å². The third-order valence-corrected chi connectivity index (χ3v) is 5.63. The lowest BCUT2D eigenvalue weighted by Crippen LogP contribution is -2.25. The number of nitrogens with one attached hydrogen (secondary N) is 1. The molecule has 7 heteroatoms. The first-order valence-electron chi connectivity index (χ1n) is 6.87. The number of benzene rings is 2. The first-order valence-corrected chi connectivity index (χ1v) is 9.28. The summed E-state index contributed by atoms with van der Waals surface area (Å²) in [6.07, 6.45) is -0.124. The summed E-state index contributed by atoms with van der Waals surface area (Å²) in [7, 11) is -3.58. The van der Waals surface area contributed by atoms with E-state index in [9.17, 15) is 13.2 Å². The van der Waals surface area contributed by atoms with Crippen molar-refractivity contribution in [3.8, 4) is 0 Å². The van der Waals surface area contributed by atoms with Crippen molar-refractivity contribution < 1.29 is 13.2 Å². The van der Waals surface area contributed by atoms with Gasteiger partial charge in [0.1, 0.15) is 0 Å². The lowest BCUT2D eigenvalue weighted by Gasteiger charge is -2.07. The van der Waals surface area contributed by atoms with E-state index in [1.165, 1.54) is 12.1 Å². The van der Waals surface area contributed by atoms with Gasteiger partial charge >= 0.3 is 0 Å². The van der Waals surface area contributed by atoms with Crippen molar-refractivity contribution in [3.05, 3.63) is 64.1 Å². The number of carbonyl (C=O) groups is 1. The fourth-order valence-electron chi connectivity index (χ4n) is 1.93. The molecule has 0 aromatic heterocycles. The molecule has 0 spiro atoms. The predicted molar refractivity (Wildman–Crippen MR) is 91.4 cm³/mol. The molecule has 0 aliphatic rings. The third-order valence-electron chi connectivity index (χ3n) is 3.17. The minimum atomic E-state index is -3.58. The van der Waals surface area contributed by atoms with Gasteiger partial charge in [-0.1, -0.05) is 47.5 Å². The average molecular weight is 372 g/mol. The molecule has 0 radical (unpaired) electrons. The molecule has 0 saturated heterocycles. The SMILES string of the molecule is O=C(CCS(=O)(=O)c1ccccc1Cl)NCc1ccc(Cl)cc1. The lowest BCUT2D eigenvalue weighted by molar-refractivity contribution is -0.120. The molecule has 122 valence electrons. The zero-order chi connectivity index (χ0) is 16.9. The first-order chi connectivity index (χ1) is 10.9. The number of rotatable bonds is 6. The van der Waals surface area contributed by atoms with Crippen LogP contribution in [0.25, 0.3) is 0 Å². The molecule has 0 fully saturated rings. The van der Waals surface area contributed by atoms with Crippen LogP contribution in [0.15, 0.2) is 53.4 Å². The van der Waals surface area contributed by atoms with Crippen LogP contribution in [0, 0.1) is 0 Å². The summed E-state index contributed by atoms with van der Waals surface area (Å²) >= 11 is 11.7. The Bertz CT molecular complexity index is 789. The summed E-state index contributed by atoms with van der Waals surface area (Å²) in [5, 5.41) is 3.46. The van der Waals surface area contributed by atoms with Crippen molar-refractivity contribution in [2.24, 2.45) is 0 Å². The molecule has 4 nitrogen and oxygen atoms in total. The smallest absolute Gasteiger partial charge is 0.221 e. The quantitative estimate of drug-likeness (QED) is 0.845. The van der Waals surface area contributed by atoms with E-state index in [1.54, 1.807) is 36.4 Å². The van der Waals surface area contributed by atoms with E-state index in [4.69, 9.17) is 23.2 Å². The summed E-state index contributed by atoms with van der Waals surface area (Å²) in [6, 6.07) is 13.2. The Morgan fingerprint density at radius 3 is 2.30 bits per heavy atom. The molecule has 2 rings (SSSR count). The van der Waals surface area contributed by atoms with Gasteiger partial charge in [-0.2, -0.15) is 0 Å². The molecular formula is C16H15Cl2NO3S. The zero-order valence-electron chi connectivity index (χ0n) is 12.1. The molecule has 2 aromatic rings. The maximum Gasteiger partial charge on any atom is 0.221 e. The number of halogens is 2. The van der Waals surface area contributed by atoms with Crippen LogP contribution in [0.3, 0.4) is 0 Å². The second-order valence-corrected chi connectivity index (χ2v) is 7.82. The second-order valence-electron chi connectivity index (χ2n) is 4.90. The molecule has 1 amide bonds. The maximum atomic E-state index is 12.2. The van der Waals surface area contributed by atoms with Gasteiger partial charge in [0.2, 0.25) is 5.91 Å². The highest BCUT2D eigenvalue weighted by Crippen LogP contribution is 2.22. The Balaban J connectivity index is 1.89. The van der Waals surface area contributed by atoms with Gasteiger partial charge in [-0.05, 0) is 29.8 Å². The maximum absolute atomic E-state index is 12.2. The van der Waals surface area contributed by atoms with E-state index in [1.807, 2.05) is 0 Å². The van der Waals surface area contributed by atoms with Crippen LogP contribution in [0.1, 0.15) is 12.0 Å². The number of hydrogen-bond acceptors (Lipinski definition) is 3. The number of amides is 1. The Hall–Kier alpha value is -1.56. The molecular weight excluding hydrogens is 357 g/mol. The molecule has 0 unspecified atom stereocenters. The molecule has 0 bridgehead atoms. The van der Waals surface area contributed by atoms with Crippen molar-refractivity contribution in [2.75, 3.05) is 5.75 Å². The van der Waals surface area contributed by atoms with Crippen LogP contribution in [0.5, 0.6) is 0 Å². The number of hydrogen-bond donors (Lipinski definition) is 1. The van der Waals surface area contributed by atoms with E-state index < -0.39 is 9.84 Å². The van der Waals surface area contributed by atoms with Crippen LogP contribution < -0.4 is 5.32 Å². The molecule has 0 saturated carbocycles. The lowest BCUT2D eigenvalue weighted by atomic mass is 10.2. The minimum absolute atomic E-state index is 0.0483. The van der Waals surface area contributed by atoms with E-state index in [-0.39, 0.29) is 28.0 Å². The van der Waals surface area contributed by atoms with E-state index in [0.29, 0.717) is 11.6 Å². The molecule has 0 atom stereocenters. The van der Waals surface area contributed by atoms with Gasteiger partial charge in [0.15, 0.2) is 9.84 Å². The van der Waals surface area contributed by atoms with E-state index in [2.05, 4.69) is 5.32 Å². The molecule has 1 N–H and O–H groups in total. The molecule has 0 aliphatic carbocycles. The van der Waals surface area contributed by atoms with E-state index in [0.717, 1.165) is 5.56 Å². The normalized spacial score (nSPS) is 11.2. The van der Waals surface area contributed by atoms with Gasteiger partial charge < -0.3 is 5.32 Å². The van der Waals surface area contributed by atoms with Crippen molar-refractivity contribution in [2.45, 2.75) is 17.9 Å². The largest absolute Gasteiger partial charge is 0.352 e. The summed E-state index contributed by atoms with van der Waals surface area (Å²) in [5.74, 6) is -0.626. The summed E-state index contributed by atoms with van der Waals surface area (Å²) in [4.78, 5) is 11.9. The van der Waals surface area contributed by atoms with Gasteiger partial charge in [-0.25, -0.2) is 8.42 Å². The number of sulfone groups is 1. The van der Waals surface area contributed by atoms with Crippen molar-refractivity contribution in [1.29, 1.82) is 0 Å². The molecule has 23 heavy (non-hydrogen) atoms. The fraction of sp³-hybridized carbons (Fsp3) is 0.188. The standard InChI is InChI=1S/C16H15Cl2NO3S/c17-13-7-5-12(6-8-13)11-19-16(20)9-10-23(21,22)15-4-2-1-3-14(15)18/h1-8H,9-11H2,(H,19,20). The van der Waals surface area contributed by atoms with E-state index >= 15 is 0 Å². The number of carbonyl (C=O) groups excluding carboxylic acids is 1. The molecule has 2 aromatic carbocycles. The minimum Gasteiger partial charge on any atom is -0.352 e. The molecule has 0 aliphatic heterocycles. The highest BCUT2D eigenvalue weighted by molar-refractivity contribution is 7.91.